The second-order valence-electron chi connectivity index (χ2n) is 6.23. The van der Waals surface area contributed by atoms with Gasteiger partial charge in [0.15, 0.2) is 0 Å². The third kappa shape index (κ3) is 5.37. The van der Waals surface area contributed by atoms with Gasteiger partial charge in [-0.2, -0.15) is 26.3 Å². The lowest BCUT2D eigenvalue weighted by Crippen LogP contribution is -2.16. The van der Waals surface area contributed by atoms with Gasteiger partial charge in [-0.25, -0.2) is 0 Å². The molecule has 0 N–H and O–H groups in total. The van der Waals surface area contributed by atoms with Crippen LogP contribution in [0.2, 0.25) is 0 Å². The Bertz CT molecular complexity index is 615. The van der Waals surface area contributed by atoms with Gasteiger partial charge in [-0.05, 0) is 37.8 Å². The Balaban J connectivity index is 2.19. The van der Waals surface area contributed by atoms with Crippen LogP contribution in [-0.2, 0) is 17.2 Å². The molecule has 0 saturated heterocycles. The van der Waals surface area contributed by atoms with Crippen molar-refractivity contribution < 1.29 is 31.2 Å². The fourth-order valence-electron chi connectivity index (χ4n) is 2.91. The molecule has 1 saturated carbocycles. The van der Waals surface area contributed by atoms with Crippen LogP contribution in [0.25, 0.3) is 0 Å². The Labute approximate surface area is 141 Å². The molecule has 2 nitrogen and oxygen atoms in total. The first kappa shape index (κ1) is 19.6. The fourth-order valence-corrected chi connectivity index (χ4v) is 2.91. The number of rotatable bonds is 4. The molecular weight excluding hydrogens is 348 g/mol. The molecule has 25 heavy (non-hydrogen) atoms. The molecule has 0 aliphatic heterocycles. The third-order valence-corrected chi connectivity index (χ3v) is 4.28. The molecule has 0 aromatic heterocycles. The van der Waals surface area contributed by atoms with Crippen LogP contribution in [0, 0.1) is 5.92 Å². The van der Waals surface area contributed by atoms with Gasteiger partial charge in [-0.15, -0.1) is 0 Å². The Kier molecular flexibility index (Phi) is 6.00. The Morgan fingerprint density at radius 2 is 1.68 bits per heavy atom. The van der Waals surface area contributed by atoms with Crippen molar-refractivity contribution in [2.24, 2.45) is 11.1 Å². The van der Waals surface area contributed by atoms with Crippen LogP contribution < -0.4 is 0 Å². The average molecular weight is 367 g/mol. The van der Waals surface area contributed by atoms with Crippen LogP contribution in [0.5, 0.6) is 0 Å². The summed E-state index contributed by atoms with van der Waals surface area (Å²) in [4.78, 5) is 5.15. The van der Waals surface area contributed by atoms with Crippen LogP contribution in [0.15, 0.2) is 23.4 Å². The van der Waals surface area contributed by atoms with Crippen LogP contribution in [0.3, 0.4) is 0 Å². The Morgan fingerprint density at radius 1 is 1.04 bits per heavy atom. The SMILES string of the molecule is C/C(=N\OCC1CCCCC1)c1ccc(C(F)(F)F)cc1C(F)(F)F. The minimum atomic E-state index is -4.92. The topological polar surface area (TPSA) is 21.6 Å². The number of hydrogen-bond acceptors (Lipinski definition) is 2. The number of halogens is 6. The predicted molar refractivity (Wildman–Crippen MR) is 81.2 cm³/mol. The second-order valence-corrected chi connectivity index (χ2v) is 6.23. The van der Waals surface area contributed by atoms with Crippen molar-refractivity contribution in [1.82, 2.24) is 0 Å². The molecule has 1 aliphatic rings. The van der Waals surface area contributed by atoms with Gasteiger partial charge in [0.25, 0.3) is 0 Å². The van der Waals surface area contributed by atoms with E-state index in [-0.39, 0.29) is 11.8 Å². The molecular formula is C17H19F6NO. The maximum absolute atomic E-state index is 13.1. The van der Waals surface area contributed by atoms with Gasteiger partial charge in [0.2, 0.25) is 0 Å². The monoisotopic (exact) mass is 367 g/mol. The molecule has 0 unspecified atom stereocenters. The molecule has 1 fully saturated rings. The molecule has 1 aromatic carbocycles. The van der Waals surface area contributed by atoms with Gasteiger partial charge < -0.3 is 4.84 Å². The Morgan fingerprint density at radius 3 is 2.24 bits per heavy atom. The number of alkyl halides is 6. The summed E-state index contributed by atoms with van der Waals surface area (Å²) in [7, 11) is 0. The van der Waals surface area contributed by atoms with Crippen molar-refractivity contribution >= 4 is 5.71 Å². The van der Waals surface area contributed by atoms with Crippen LogP contribution in [0.4, 0.5) is 26.3 Å². The van der Waals surface area contributed by atoms with E-state index < -0.39 is 29.0 Å². The van der Waals surface area contributed by atoms with E-state index in [1.165, 1.54) is 13.3 Å². The van der Waals surface area contributed by atoms with E-state index in [0.717, 1.165) is 31.7 Å². The zero-order valence-electron chi connectivity index (χ0n) is 13.7. The summed E-state index contributed by atoms with van der Waals surface area (Å²) in [6.07, 6.45) is -4.44. The zero-order valence-corrected chi connectivity index (χ0v) is 13.7. The highest BCUT2D eigenvalue weighted by atomic mass is 19.4. The van der Waals surface area contributed by atoms with Crippen LogP contribution >= 0.6 is 0 Å². The van der Waals surface area contributed by atoms with Crippen molar-refractivity contribution in [3.05, 3.63) is 34.9 Å². The van der Waals surface area contributed by atoms with Crippen LogP contribution in [-0.4, -0.2) is 12.3 Å². The van der Waals surface area contributed by atoms with Crippen molar-refractivity contribution in [2.75, 3.05) is 6.61 Å². The molecule has 2 rings (SSSR count). The minimum absolute atomic E-state index is 0.100. The first-order valence-electron chi connectivity index (χ1n) is 8.04. The lowest BCUT2D eigenvalue weighted by atomic mass is 9.90. The van der Waals surface area contributed by atoms with Gasteiger partial charge in [0.05, 0.1) is 16.8 Å². The maximum Gasteiger partial charge on any atom is 0.417 e. The molecule has 0 bridgehead atoms. The third-order valence-electron chi connectivity index (χ3n) is 4.28. The van der Waals surface area contributed by atoms with Crippen molar-refractivity contribution in [2.45, 2.75) is 51.4 Å². The molecule has 0 heterocycles. The van der Waals surface area contributed by atoms with E-state index in [2.05, 4.69) is 5.16 Å². The second kappa shape index (κ2) is 7.66. The first-order chi connectivity index (χ1) is 11.6. The summed E-state index contributed by atoms with van der Waals surface area (Å²) in [6.45, 7) is 1.60. The van der Waals surface area contributed by atoms with E-state index in [9.17, 15) is 26.3 Å². The lowest BCUT2D eigenvalue weighted by Gasteiger charge is -2.20. The fraction of sp³-hybridized carbons (Fsp3) is 0.588. The van der Waals surface area contributed by atoms with Gasteiger partial charge in [0.1, 0.15) is 6.61 Å². The average Bonchev–Trinajstić information content (AvgIpc) is 2.53. The summed E-state index contributed by atoms with van der Waals surface area (Å²) in [5.74, 6) is 0.319. The zero-order chi connectivity index (χ0) is 18.7. The number of hydrogen-bond donors (Lipinski definition) is 0. The molecule has 1 aromatic rings. The molecule has 1 aliphatic carbocycles. The highest BCUT2D eigenvalue weighted by Gasteiger charge is 2.38. The largest absolute Gasteiger partial charge is 0.417 e. The van der Waals surface area contributed by atoms with Crippen LogP contribution in [0.1, 0.15) is 55.7 Å². The van der Waals surface area contributed by atoms with Crippen molar-refractivity contribution in [3.63, 3.8) is 0 Å². The van der Waals surface area contributed by atoms with E-state index in [4.69, 9.17) is 4.84 Å². The highest BCUT2D eigenvalue weighted by Crippen LogP contribution is 2.37. The summed E-state index contributed by atoms with van der Waals surface area (Å²) in [6, 6.07) is 1.51. The highest BCUT2D eigenvalue weighted by molar-refractivity contribution is 5.99. The quantitative estimate of drug-likeness (QED) is 0.361. The molecule has 0 radical (unpaired) electrons. The molecule has 140 valence electrons. The lowest BCUT2D eigenvalue weighted by molar-refractivity contribution is -0.143. The van der Waals surface area contributed by atoms with E-state index in [1.807, 2.05) is 0 Å². The normalized spacial score (nSPS) is 17.6. The van der Waals surface area contributed by atoms with Crippen molar-refractivity contribution in [1.29, 1.82) is 0 Å². The number of nitrogens with zero attached hydrogens (tertiary/aromatic N) is 1. The molecule has 8 heteroatoms. The van der Waals surface area contributed by atoms with Crippen molar-refractivity contribution in [3.8, 4) is 0 Å². The summed E-state index contributed by atoms with van der Waals surface area (Å²) in [5.41, 5.74) is -3.23. The smallest absolute Gasteiger partial charge is 0.395 e. The van der Waals surface area contributed by atoms with E-state index >= 15 is 0 Å². The number of oxime groups is 1. The van der Waals surface area contributed by atoms with Gasteiger partial charge >= 0.3 is 12.4 Å². The summed E-state index contributed by atoms with van der Waals surface area (Å²) < 4.78 is 77.4. The predicted octanol–water partition coefficient (Wildman–Crippen LogP) is 6.05. The summed E-state index contributed by atoms with van der Waals surface area (Å²) in [5, 5.41) is 3.69. The van der Waals surface area contributed by atoms with E-state index in [0.29, 0.717) is 18.6 Å². The Hall–Kier alpha value is -1.73. The molecule has 0 amide bonds. The van der Waals surface area contributed by atoms with Gasteiger partial charge in [-0.1, -0.05) is 30.5 Å². The minimum Gasteiger partial charge on any atom is -0.395 e. The van der Waals surface area contributed by atoms with E-state index in [1.54, 1.807) is 0 Å². The number of benzene rings is 1. The first-order valence-corrected chi connectivity index (χ1v) is 8.04. The maximum atomic E-state index is 13.1. The molecule has 0 spiro atoms. The molecule has 0 atom stereocenters. The van der Waals surface area contributed by atoms with Gasteiger partial charge in [0, 0.05) is 5.56 Å². The summed E-state index contributed by atoms with van der Waals surface area (Å²) >= 11 is 0. The standard InChI is InChI=1S/C17H19F6NO/c1-11(24-25-10-12-5-3-2-4-6-12)14-8-7-13(16(18,19)20)9-15(14)17(21,22)23/h7-9,12H,2-6,10H2,1H3/b24-11+. The van der Waals surface area contributed by atoms with Gasteiger partial charge in [-0.3, -0.25) is 0 Å².